The highest BCUT2D eigenvalue weighted by Crippen LogP contribution is 2.23. The van der Waals surface area contributed by atoms with Crippen LogP contribution in [0.5, 0.6) is 5.75 Å². The first-order valence-electron chi connectivity index (χ1n) is 10.1. The lowest BCUT2D eigenvalue weighted by atomic mass is 9.97. The molecule has 0 unspecified atom stereocenters. The van der Waals surface area contributed by atoms with Crippen LogP contribution in [-0.4, -0.2) is 34.2 Å². The van der Waals surface area contributed by atoms with Crippen molar-refractivity contribution < 1.29 is 17.9 Å². The Morgan fingerprint density at radius 2 is 1.80 bits per heavy atom. The van der Waals surface area contributed by atoms with Crippen LogP contribution >= 0.6 is 0 Å². The fourth-order valence-electron chi connectivity index (χ4n) is 3.50. The molecular formula is C23H32N2O4S. The van der Waals surface area contributed by atoms with Crippen LogP contribution in [0, 0.1) is 13.8 Å². The largest absolute Gasteiger partial charge is 0.497 e. The van der Waals surface area contributed by atoms with Gasteiger partial charge in [-0.15, -0.1) is 0 Å². The third-order valence-electron chi connectivity index (χ3n) is 5.07. The molecule has 1 N–H and O–H groups in total. The predicted octanol–water partition coefficient (Wildman–Crippen LogP) is 4.13. The number of carbonyl (C=O) groups excluding carboxylic acids is 1. The highest BCUT2D eigenvalue weighted by atomic mass is 32.2. The van der Waals surface area contributed by atoms with E-state index in [0.29, 0.717) is 17.9 Å². The topological polar surface area (TPSA) is 75.7 Å². The average Bonchev–Trinajstić information content (AvgIpc) is 2.69. The Balaban J connectivity index is 1.99. The number of ether oxygens (including phenoxy) is 1. The SMILES string of the molecule is CC[C@H](NC(=O)CCCN(c1ccc(OC)cc1)S(C)(=O)=O)c1ccc(C)cc1C. The number of nitrogens with one attached hydrogen (secondary N) is 1. The van der Waals surface area contributed by atoms with Crippen LogP contribution < -0.4 is 14.4 Å². The van der Waals surface area contributed by atoms with Crippen molar-refractivity contribution in [3.05, 3.63) is 59.2 Å². The molecule has 0 aliphatic rings. The monoisotopic (exact) mass is 432 g/mol. The molecule has 0 fully saturated rings. The van der Waals surface area contributed by atoms with Gasteiger partial charge in [0.15, 0.2) is 0 Å². The highest BCUT2D eigenvalue weighted by molar-refractivity contribution is 7.92. The van der Waals surface area contributed by atoms with Crippen LogP contribution in [0.4, 0.5) is 5.69 Å². The van der Waals surface area contributed by atoms with Gasteiger partial charge in [0.25, 0.3) is 0 Å². The molecule has 30 heavy (non-hydrogen) atoms. The quantitative estimate of drug-likeness (QED) is 0.613. The zero-order valence-electron chi connectivity index (χ0n) is 18.4. The second-order valence-corrected chi connectivity index (χ2v) is 9.43. The Kier molecular flexibility index (Phi) is 8.29. The van der Waals surface area contributed by atoms with Crippen molar-refractivity contribution in [1.82, 2.24) is 5.32 Å². The number of sulfonamides is 1. The molecule has 0 aromatic heterocycles. The van der Waals surface area contributed by atoms with Crippen molar-refractivity contribution >= 4 is 21.6 Å². The van der Waals surface area contributed by atoms with Gasteiger partial charge in [0.2, 0.25) is 15.9 Å². The van der Waals surface area contributed by atoms with Crippen LogP contribution in [-0.2, 0) is 14.8 Å². The van der Waals surface area contributed by atoms with Gasteiger partial charge in [0.1, 0.15) is 5.75 Å². The minimum atomic E-state index is -3.46. The Hall–Kier alpha value is -2.54. The Morgan fingerprint density at radius 1 is 1.13 bits per heavy atom. The smallest absolute Gasteiger partial charge is 0.232 e. The maximum atomic E-state index is 12.5. The van der Waals surface area contributed by atoms with E-state index in [4.69, 9.17) is 4.74 Å². The van der Waals surface area contributed by atoms with Crippen LogP contribution in [0.3, 0.4) is 0 Å². The summed E-state index contributed by atoms with van der Waals surface area (Å²) >= 11 is 0. The van der Waals surface area contributed by atoms with Crippen molar-refractivity contribution in [2.45, 2.75) is 46.1 Å². The summed E-state index contributed by atoms with van der Waals surface area (Å²) in [5.41, 5.74) is 4.02. The number of aryl methyl sites for hydroxylation is 2. The molecule has 2 rings (SSSR count). The molecule has 6 nitrogen and oxygen atoms in total. The summed E-state index contributed by atoms with van der Waals surface area (Å²) < 4.78 is 30.9. The summed E-state index contributed by atoms with van der Waals surface area (Å²) in [5, 5.41) is 3.09. The van der Waals surface area contributed by atoms with E-state index < -0.39 is 10.0 Å². The van der Waals surface area contributed by atoms with E-state index in [2.05, 4.69) is 30.4 Å². The fourth-order valence-corrected chi connectivity index (χ4v) is 4.47. The first kappa shape index (κ1) is 23.7. The van der Waals surface area contributed by atoms with Gasteiger partial charge < -0.3 is 10.1 Å². The van der Waals surface area contributed by atoms with Gasteiger partial charge in [-0.3, -0.25) is 9.10 Å². The molecular weight excluding hydrogens is 400 g/mol. The zero-order chi connectivity index (χ0) is 22.3. The van der Waals surface area contributed by atoms with Gasteiger partial charge in [0.05, 0.1) is 25.1 Å². The van der Waals surface area contributed by atoms with Crippen LogP contribution in [0.25, 0.3) is 0 Å². The van der Waals surface area contributed by atoms with Gasteiger partial charge in [-0.1, -0.05) is 30.7 Å². The summed E-state index contributed by atoms with van der Waals surface area (Å²) in [7, 11) is -1.90. The Labute approximate surface area is 180 Å². The second kappa shape index (κ2) is 10.5. The third-order valence-corrected chi connectivity index (χ3v) is 6.26. The number of carbonyl (C=O) groups is 1. The first-order valence-corrected chi connectivity index (χ1v) is 12.0. The van der Waals surface area contributed by atoms with E-state index in [-0.39, 0.29) is 24.9 Å². The summed E-state index contributed by atoms with van der Waals surface area (Å²) in [6, 6.07) is 13.0. The van der Waals surface area contributed by atoms with Gasteiger partial charge in [-0.25, -0.2) is 8.42 Å². The normalized spacial score (nSPS) is 12.3. The Morgan fingerprint density at radius 3 is 2.33 bits per heavy atom. The predicted molar refractivity (Wildman–Crippen MR) is 122 cm³/mol. The molecule has 0 bridgehead atoms. The molecule has 0 saturated heterocycles. The second-order valence-electron chi connectivity index (χ2n) is 7.53. The van der Waals surface area contributed by atoms with Crippen LogP contribution in [0.2, 0.25) is 0 Å². The van der Waals surface area contributed by atoms with E-state index in [1.807, 2.05) is 13.8 Å². The van der Waals surface area contributed by atoms with E-state index in [0.717, 1.165) is 17.5 Å². The summed E-state index contributed by atoms with van der Waals surface area (Å²) in [6.07, 6.45) is 2.64. The fraction of sp³-hybridized carbons (Fsp3) is 0.435. The number of hydrogen-bond acceptors (Lipinski definition) is 4. The number of methoxy groups -OCH3 is 1. The molecule has 1 atom stereocenters. The van der Waals surface area contributed by atoms with Crippen LogP contribution in [0.1, 0.15) is 48.9 Å². The number of benzene rings is 2. The molecule has 2 aromatic carbocycles. The molecule has 164 valence electrons. The number of anilines is 1. The molecule has 0 saturated carbocycles. The molecule has 0 aliphatic carbocycles. The van der Waals surface area contributed by atoms with Gasteiger partial charge in [0, 0.05) is 13.0 Å². The molecule has 0 aliphatic heterocycles. The minimum Gasteiger partial charge on any atom is -0.497 e. The minimum absolute atomic E-state index is 0.0503. The summed E-state index contributed by atoms with van der Waals surface area (Å²) in [5.74, 6) is 0.577. The maximum absolute atomic E-state index is 12.5. The van der Waals surface area contributed by atoms with Crippen LogP contribution in [0.15, 0.2) is 42.5 Å². The van der Waals surface area contributed by atoms with E-state index in [9.17, 15) is 13.2 Å². The number of amides is 1. The number of hydrogen-bond donors (Lipinski definition) is 1. The molecule has 0 radical (unpaired) electrons. The van der Waals surface area contributed by atoms with Crippen molar-refractivity contribution in [1.29, 1.82) is 0 Å². The summed E-state index contributed by atoms with van der Waals surface area (Å²) in [6.45, 7) is 6.38. The standard InChI is InChI=1S/C23H32N2O4S/c1-6-22(21-14-9-17(2)16-18(21)3)24-23(26)8-7-15-25(30(5,27)28)19-10-12-20(29-4)13-11-19/h9-14,16,22H,6-8,15H2,1-5H3,(H,24,26)/t22-/m0/s1. The van der Waals surface area contributed by atoms with Crippen molar-refractivity contribution in [3.63, 3.8) is 0 Å². The van der Waals surface area contributed by atoms with Crippen molar-refractivity contribution in [2.24, 2.45) is 0 Å². The number of rotatable bonds is 10. The molecule has 0 heterocycles. The van der Waals surface area contributed by atoms with E-state index in [1.165, 1.54) is 16.1 Å². The van der Waals surface area contributed by atoms with Crippen molar-refractivity contribution in [2.75, 3.05) is 24.2 Å². The number of nitrogens with zero attached hydrogens (tertiary/aromatic N) is 1. The first-order chi connectivity index (χ1) is 14.2. The molecule has 0 spiro atoms. The lowest BCUT2D eigenvalue weighted by molar-refractivity contribution is -0.121. The maximum Gasteiger partial charge on any atom is 0.232 e. The van der Waals surface area contributed by atoms with Crippen molar-refractivity contribution in [3.8, 4) is 5.75 Å². The molecule has 1 amide bonds. The average molecular weight is 433 g/mol. The zero-order valence-corrected chi connectivity index (χ0v) is 19.3. The van der Waals surface area contributed by atoms with Gasteiger partial charge in [-0.2, -0.15) is 0 Å². The molecule has 7 heteroatoms. The lowest BCUT2D eigenvalue weighted by Crippen LogP contribution is -2.33. The Bertz CT molecular complexity index is 956. The highest BCUT2D eigenvalue weighted by Gasteiger charge is 2.19. The van der Waals surface area contributed by atoms with Gasteiger partial charge in [-0.05, 0) is 62.1 Å². The third kappa shape index (κ3) is 6.49. The lowest BCUT2D eigenvalue weighted by Gasteiger charge is -2.23. The van der Waals surface area contributed by atoms with E-state index >= 15 is 0 Å². The summed E-state index contributed by atoms with van der Waals surface area (Å²) in [4.78, 5) is 12.5. The van der Waals surface area contributed by atoms with E-state index in [1.54, 1.807) is 31.4 Å². The molecule has 2 aromatic rings. The van der Waals surface area contributed by atoms with Gasteiger partial charge >= 0.3 is 0 Å².